The summed E-state index contributed by atoms with van der Waals surface area (Å²) in [6.45, 7) is 4.96. The van der Waals surface area contributed by atoms with Crippen LogP contribution in [0.15, 0.2) is 34.8 Å². The zero-order valence-electron chi connectivity index (χ0n) is 14.8. The molecule has 1 N–H and O–H groups in total. The maximum atomic E-state index is 12.3. The van der Waals surface area contributed by atoms with Gasteiger partial charge in [-0.3, -0.25) is 4.79 Å². The summed E-state index contributed by atoms with van der Waals surface area (Å²) in [7, 11) is 0. The van der Waals surface area contributed by atoms with Crippen LogP contribution in [0.25, 0.3) is 11.4 Å². The van der Waals surface area contributed by atoms with Gasteiger partial charge in [0.2, 0.25) is 5.91 Å². The van der Waals surface area contributed by atoms with Gasteiger partial charge in [-0.05, 0) is 31.5 Å². The summed E-state index contributed by atoms with van der Waals surface area (Å²) in [4.78, 5) is 13.5. The van der Waals surface area contributed by atoms with Crippen molar-refractivity contribution in [3.05, 3.63) is 44.6 Å². The van der Waals surface area contributed by atoms with Crippen LogP contribution in [0.5, 0.6) is 0 Å². The fourth-order valence-corrected chi connectivity index (χ4v) is 4.31. The molecule has 3 rings (SSSR count). The molecule has 3 aromatic rings. The summed E-state index contributed by atoms with van der Waals surface area (Å²) in [5.74, 6) is 0.859. The highest BCUT2D eigenvalue weighted by Crippen LogP contribution is 2.30. The summed E-state index contributed by atoms with van der Waals surface area (Å²) >= 11 is 15.1. The predicted molar refractivity (Wildman–Crippen MR) is 114 cm³/mol. The van der Waals surface area contributed by atoms with Crippen LogP contribution in [-0.4, -0.2) is 26.4 Å². The lowest BCUT2D eigenvalue weighted by atomic mass is 10.3. The van der Waals surface area contributed by atoms with Gasteiger partial charge in [0.25, 0.3) is 0 Å². The number of carbonyl (C=O) groups is 1. The van der Waals surface area contributed by atoms with E-state index in [-0.39, 0.29) is 11.7 Å². The molecular formula is C18H18Cl2N4OS2. The highest BCUT2D eigenvalue weighted by molar-refractivity contribution is 7.99. The van der Waals surface area contributed by atoms with E-state index in [1.807, 2.05) is 0 Å². The number of carbonyl (C=O) groups excluding carboxylic acids is 1. The Balaban J connectivity index is 1.71. The number of amides is 1. The van der Waals surface area contributed by atoms with Crippen molar-refractivity contribution >= 4 is 57.9 Å². The standard InChI is InChI=1S/C18H18Cl2N4OS2/c1-3-7-24-17(12-8-11(2)26-9-12)22-23-18(24)27-10-15(25)21-14-6-4-5-13(19)16(14)20/h4-6,8-9H,3,7,10H2,1-2H3,(H,21,25). The monoisotopic (exact) mass is 440 g/mol. The molecule has 2 aromatic heterocycles. The molecule has 0 spiro atoms. The van der Waals surface area contributed by atoms with Gasteiger partial charge in [-0.25, -0.2) is 0 Å². The molecule has 0 saturated carbocycles. The van der Waals surface area contributed by atoms with E-state index in [0.717, 1.165) is 29.5 Å². The van der Waals surface area contributed by atoms with E-state index in [1.165, 1.54) is 16.6 Å². The molecule has 0 saturated heterocycles. The average Bonchev–Trinajstić information content (AvgIpc) is 3.24. The number of hydrogen-bond acceptors (Lipinski definition) is 5. The Kier molecular flexibility index (Phi) is 6.81. The second-order valence-corrected chi connectivity index (χ2v) is 8.69. The lowest BCUT2D eigenvalue weighted by molar-refractivity contribution is -0.113. The van der Waals surface area contributed by atoms with Gasteiger partial charge in [0, 0.05) is 22.4 Å². The number of thioether (sulfide) groups is 1. The number of anilines is 1. The fraction of sp³-hybridized carbons (Fsp3) is 0.278. The Hall–Kier alpha value is -1.54. The minimum absolute atomic E-state index is 0.178. The Morgan fingerprint density at radius 3 is 2.85 bits per heavy atom. The molecule has 0 unspecified atom stereocenters. The topological polar surface area (TPSA) is 59.8 Å². The Labute approximate surface area is 176 Å². The number of halogens is 2. The van der Waals surface area contributed by atoms with Crippen LogP contribution in [0.4, 0.5) is 5.69 Å². The van der Waals surface area contributed by atoms with Gasteiger partial charge in [-0.15, -0.1) is 21.5 Å². The molecule has 9 heteroatoms. The van der Waals surface area contributed by atoms with Crippen LogP contribution in [0, 0.1) is 6.92 Å². The van der Waals surface area contributed by atoms with Crippen LogP contribution >= 0.6 is 46.3 Å². The Bertz CT molecular complexity index is 955. The van der Waals surface area contributed by atoms with Gasteiger partial charge < -0.3 is 9.88 Å². The molecule has 0 atom stereocenters. The van der Waals surface area contributed by atoms with Gasteiger partial charge in [0.1, 0.15) is 0 Å². The van der Waals surface area contributed by atoms with Gasteiger partial charge >= 0.3 is 0 Å². The molecule has 1 amide bonds. The molecule has 5 nitrogen and oxygen atoms in total. The molecule has 0 aliphatic heterocycles. The Morgan fingerprint density at radius 1 is 1.33 bits per heavy atom. The van der Waals surface area contributed by atoms with Crippen molar-refractivity contribution in [1.29, 1.82) is 0 Å². The van der Waals surface area contributed by atoms with Crippen LogP contribution < -0.4 is 5.32 Å². The highest BCUT2D eigenvalue weighted by Gasteiger charge is 2.16. The number of hydrogen-bond donors (Lipinski definition) is 1. The maximum Gasteiger partial charge on any atom is 0.234 e. The summed E-state index contributed by atoms with van der Waals surface area (Å²) in [6.07, 6.45) is 0.950. The van der Waals surface area contributed by atoms with Crippen molar-refractivity contribution in [1.82, 2.24) is 14.8 Å². The van der Waals surface area contributed by atoms with Gasteiger partial charge in [-0.2, -0.15) is 0 Å². The molecule has 0 fully saturated rings. The van der Waals surface area contributed by atoms with Crippen molar-refractivity contribution in [2.24, 2.45) is 0 Å². The minimum Gasteiger partial charge on any atom is -0.324 e. The van der Waals surface area contributed by atoms with Gasteiger partial charge in [0.15, 0.2) is 11.0 Å². The lowest BCUT2D eigenvalue weighted by Gasteiger charge is -2.09. The molecule has 0 aliphatic carbocycles. The van der Waals surface area contributed by atoms with Gasteiger partial charge in [-0.1, -0.05) is 48.0 Å². The van der Waals surface area contributed by atoms with E-state index in [0.29, 0.717) is 15.7 Å². The van der Waals surface area contributed by atoms with Crippen LogP contribution in [0.3, 0.4) is 0 Å². The third-order valence-electron chi connectivity index (χ3n) is 3.71. The van der Waals surface area contributed by atoms with E-state index in [2.05, 4.69) is 45.4 Å². The van der Waals surface area contributed by atoms with E-state index in [9.17, 15) is 4.79 Å². The molecule has 0 radical (unpaired) electrons. The number of benzene rings is 1. The summed E-state index contributed by atoms with van der Waals surface area (Å²) < 4.78 is 2.06. The third-order valence-corrected chi connectivity index (χ3v) is 6.36. The predicted octanol–water partition coefficient (Wildman–Crippen LogP) is 5.76. The van der Waals surface area contributed by atoms with E-state index >= 15 is 0 Å². The lowest BCUT2D eigenvalue weighted by Crippen LogP contribution is -2.15. The first-order valence-electron chi connectivity index (χ1n) is 8.35. The van der Waals surface area contributed by atoms with E-state index in [4.69, 9.17) is 23.2 Å². The van der Waals surface area contributed by atoms with Crippen molar-refractivity contribution in [2.75, 3.05) is 11.1 Å². The minimum atomic E-state index is -0.178. The largest absolute Gasteiger partial charge is 0.324 e. The molecule has 142 valence electrons. The molecule has 0 bridgehead atoms. The number of nitrogens with zero attached hydrogens (tertiary/aromatic N) is 3. The first-order chi connectivity index (χ1) is 13.0. The third kappa shape index (κ3) is 4.85. The maximum absolute atomic E-state index is 12.3. The average molecular weight is 441 g/mol. The number of aromatic nitrogens is 3. The SMILES string of the molecule is CCCn1c(SCC(=O)Nc2cccc(Cl)c2Cl)nnc1-c1csc(C)c1. The number of nitrogens with one attached hydrogen (secondary N) is 1. The Morgan fingerprint density at radius 2 is 2.15 bits per heavy atom. The second kappa shape index (κ2) is 9.10. The van der Waals surface area contributed by atoms with Gasteiger partial charge in [0.05, 0.1) is 21.5 Å². The number of thiophene rings is 1. The van der Waals surface area contributed by atoms with Crippen LogP contribution in [-0.2, 0) is 11.3 Å². The smallest absolute Gasteiger partial charge is 0.234 e. The highest BCUT2D eigenvalue weighted by atomic mass is 35.5. The normalized spacial score (nSPS) is 11.0. The second-order valence-electron chi connectivity index (χ2n) is 5.84. The van der Waals surface area contributed by atoms with Crippen molar-refractivity contribution in [3.63, 3.8) is 0 Å². The van der Waals surface area contributed by atoms with Crippen molar-refractivity contribution < 1.29 is 4.79 Å². The first kappa shape index (κ1) is 20.2. The van der Waals surface area contributed by atoms with Crippen LogP contribution in [0.2, 0.25) is 10.0 Å². The molecule has 0 aliphatic rings. The first-order valence-corrected chi connectivity index (χ1v) is 11.0. The number of rotatable bonds is 7. The van der Waals surface area contributed by atoms with Crippen molar-refractivity contribution in [2.45, 2.75) is 32.0 Å². The summed E-state index contributed by atoms with van der Waals surface area (Å²) in [5.41, 5.74) is 1.56. The van der Waals surface area contributed by atoms with E-state index < -0.39 is 0 Å². The molecular weight excluding hydrogens is 423 g/mol. The summed E-state index contributed by atoms with van der Waals surface area (Å²) in [5, 5.41) is 14.9. The quantitative estimate of drug-likeness (QED) is 0.474. The number of aryl methyl sites for hydroxylation is 1. The molecule has 27 heavy (non-hydrogen) atoms. The zero-order valence-corrected chi connectivity index (χ0v) is 18.0. The van der Waals surface area contributed by atoms with E-state index in [1.54, 1.807) is 29.5 Å². The van der Waals surface area contributed by atoms with Crippen molar-refractivity contribution in [3.8, 4) is 11.4 Å². The zero-order chi connectivity index (χ0) is 19.4. The molecule has 2 heterocycles. The summed E-state index contributed by atoms with van der Waals surface area (Å²) in [6, 6.07) is 7.23. The van der Waals surface area contributed by atoms with Crippen LogP contribution in [0.1, 0.15) is 18.2 Å². The fourth-order valence-electron chi connectivity index (χ4n) is 2.51. The molecule has 1 aromatic carbocycles.